The summed E-state index contributed by atoms with van der Waals surface area (Å²) < 4.78 is 54.0. The number of fused-ring (bicyclic) bond motifs is 2. The Labute approximate surface area is 374 Å². The first-order valence-electron chi connectivity index (χ1n) is 21.3. The quantitative estimate of drug-likeness (QED) is 0.0444. The summed E-state index contributed by atoms with van der Waals surface area (Å²) in [5, 5.41) is 9.41. The molecule has 65 heavy (non-hydrogen) atoms. The summed E-state index contributed by atoms with van der Waals surface area (Å²) in [5.41, 5.74) is 4.95. The first kappa shape index (κ1) is 44.4. The number of methoxy groups -OCH3 is 1. The van der Waals surface area contributed by atoms with Crippen LogP contribution >= 0.6 is 0 Å². The van der Waals surface area contributed by atoms with Gasteiger partial charge in [0.2, 0.25) is 0 Å². The maximum atomic E-state index is 13.4. The molecule has 0 aliphatic carbocycles. The first-order valence-corrected chi connectivity index (χ1v) is 21.3. The second kappa shape index (κ2) is 21.9. The Morgan fingerprint density at radius 2 is 1.29 bits per heavy atom. The summed E-state index contributed by atoms with van der Waals surface area (Å²) in [5.74, 6) is 3.12. The van der Waals surface area contributed by atoms with Gasteiger partial charge in [0.1, 0.15) is 64.3 Å². The van der Waals surface area contributed by atoms with Crippen molar-refractivity contribution in [2.45, 2.75) is 32.9 Å². The molecular formula is C51H49N3O11. The SMILES string of the molecule is COCOc1cc(OCc2ccccc2)c2c(=O)cc(-c3ccc(OCCCc4cn(CCOCCOCCOc5ccc(-c6cc(=O)c7cc(C)ccc7o6)cc5)nn4)cc3)oc2c1. The van der Waals surface area contributed by atoms with E-state index in [1.165, 1.54) is 19.2 Å². The molecule has 0 N–H and O–H groups in total. The molecule has 3 aromatic heterocycles. The summed E-state index contributed by atoms with van der Waals surface area (Å²) in [6.45, 7) is 5.46. The number of benzene rings is 5. The maximum Gasteiger partial charge on any atom is 0.197 e. The molecule has 0 unspecified atom stereocenters. The van der Waals surface area contributed by atoms with Crippen LogP contribution in [-0.4, -0.2) is 68.5 Å². The second-order valence-electron chi connectivity index (χ2n) is 15.1. The van der Waals surface area contributed by atoms with Crippen molar-refractivity contribution in [3.63, 3.8) is 0 Å². The van der Waals surface area contributed by atoms with Crippen LogP contribution in [-0.2, 0) is 33.8 Å². The van der Waals surface area contributed by atoms with Crippen LogP contribution in [0, 0.1) is 6.92 Å². The maximum absolute atomic E-state index is 13.4. The highest BCUT2D eigenvalue weighted by Gasteiger charge is 2.16. The van der Waals surface area contributed by atoms with Crippen LogP contribution in [0.4, 0.5) is 0 Å². The Morgan fingerprint density at radius 1 is 0.615 bits per heavy atom. The number of nitrogens with zero attached hydrogens (tertiary/aromatic N) is 3. The van der Waals surface area contributed by atoms with E-state index < -0.39 is 0 Å². The molecule has 0 spiro atoms. The normalized spacial score (nSPS) is 11.3. The van der Waals surface area contributed by atoms with Crippen LogP contribution in [0.1, 0.15) is 23.2 Å². The molecule has 14 nitrogen and oxygen atoms in total. The zero-order valence-electron chi connectivity index (χ0n) is 36.2. The minimum absolute atomic E-state index is 0.0283. The van der Waals surface area contributed by atoms with Gasteiger partial charge >= 0.3 is 0 Å². The van der Waals surface area contributed by atoms with Crippen molar-refractivity contribution < 1.29 is 42.0 Å². The van der Waals surface area contributed by atoms with Gasteiger partial charge in [0.05, 0.1) is 50.7 Å². The third-order valence-corrected chi connectivity index (χ3v) is 10.3. The molecule has 8 rings (SSSR count). The van der Waals surface area contributed by atoms with E-state index in [9.17, 15) is 9.59 Å². The molecule has 8 aromatic rings. The van der Waals surface area contributed by atoms with E-state index in [1.807, 2.05) is 110 Å². The van der Waals surface area contributed by atoms with Gasteiger partial charge in [-0.05, 0) is 86.0 Å². The number of hydrogen-bond acceptors (Lipinski definition) is 13. The van der Waals surface area contributed by atoms with Crippen LogP contribution in [0.5, 0.6) is 23.0 Å². The van der Waals surface area contributed by atoms with Crippen molar-refractivity contribution in [2.24, 2.45) is 0 Å². The van der Waals surface area contributed by atoms with Crippen LogP contribution in [0.2, 0.25) is 0 Å². The smallest absolute Gasteiger partial charge is 0.197 e. The van der Waals surface area contributed by atoms with E-state index >= 15 is 0 Å². The van der Waals surface area contributed by atoms with Gasteiger partial charge in [-0.1, -0.05) is 47.2 Å². The molecule has 5 aromatic carbocycles. The molecule has 0 bridgehead atoms. The molecule has 0 fully saturated rings. The zero-order valence-corrected chi connectivity index (χ0v) is 36.2. The average Bonchev–Trinajstić information content (AvgIpc) is 3.79. The Hall–Kier alpha value is -7.26. The van der Waals surface area contributed by atoms with Gasteiger partial charge in [-0.3, -0.25) is 9.59 Å². The predicted molar refractivity (Wildman–Crippen MR) is 245 cm³/mol. The monoisotopic (exact) mass is 879 g/mol. The summed E-state index contributed by atoms with van der Waals surface area (Å²) in [4.78, 5) is 26.0. The molecule has 0 atom stereocenters. The average molecular weight is 880 g/mol. The minimum atomic E-state index is -0.232. The fraction of sp³-hybridized carbons (Fsp3) is 0.255. The van der Waals surface area contributed by atoms with Gasteiger partial charge in [-0.25, -0.2) is 4.68 Å². The van der Waals surface area contributed by atoms with Crippen molar-refractivity contribution in [3.05, 3.63) is 165 Å². The molecule has 0 amide bonds. The fourth-order valence-electron chi connectivity index (χ4n) is 6.98. The third-order valence-electron chi connectivity index (χ3n) is 10.3. The van der Waals surface area contributed by atoms with Crippen molar-refractivity contribution in [2.75, 3.05) is 53.5 Å². The largest absolute Gasteiger partial charge is 0.494 e. The molecule has 0 saturated carbocycles. The standard InChI is InChI=1S/C51H49N3O11/c1-35-10-19-46-43(27-35)44(55)30-47(64-46)37-13-17-41(18-14-37)61-26-25-59-24-23-58-22-20-54-32-39(52-53-54)9-6-21-60-40-15-11-38(12-16-40)48-31-45(56)51-49(62-33-36-7-4-3-5-8-36)28-42(63-34-57-2)29-50(51)65-48/h3-5,7-8,10-19,27-32H,6,9,20-26,33-34H2,1-2H3. The molecule has 14 heteroatoms. The zero-order chi connectivity index (χ0) is 44.8. The number of hydrogen-bond donors (Lipinski definition) is 0. The summed E-state index contributed by atoms with van der Waals surface area (Å²) in [6.07, 6.45) is 3.37. The summed E-state index contributed by atoms with van der Waals surface area (Å²) in [6, 6.07) is 36.4. The number of aromatic nitrogens is 3. The number of rotatable bonds is 23. The van der Waals surface area contributed by atoms with E-state index in [0.29, 0.717) is 109 Å². The fourth-order valence-corrected chi connectivity index (χ4v) is 6.98. The van der Waals surface area contributed by atoms with E-state index in [-0.39, 0.29) is 24.3 Å². The third kappa shape index (κ3) is 12.1. The summed E-state index contributed by atoms with van der Waals surface area (Å²) in [7, 11) is 1.53. The van der Waals surface area contributed by atoms with Crippen LogP contribution in [0.25, 0.3) is 44.6 Å². The van der Waals surface area contributed by atoms with E-state index in [2.05, 4.69) is 10.3 Å². The Morgan fingerprint density at radius 3 is 2.03 bits per heavy atom. The van der Waals surface area contributed by atoms with E-state index in [1.54, 1.807) is 16.8 Å². The van der Waals surface area contributed by atoms with E-state index in [4.69, 9.17) is 42.0 Å². The molecule has 3 heterocycles. The predicted octanol–water partition coefficient (Wildman–Crippen LogP) is 8.82. The summed E-state index contributed by atoms with van der Waals surface area (Å²) >= 11 is 0. The topological polar surface area (TPSA) is 156 Å². The lowest BCUT2D eigenvalue weighted by Crippen LogP contribution is -2.13. The number of aryl methyl sites for hydroxylation is 2. The lowest BCUT2D eigenvalue weighted by Gasteiger charge is -2.13. The molecule has 334 valence electrons. The van der Waals surface area contributed by atoms with E-state index in [0.717, 1.165) is 34.4 Å². The van der Waals surface area contributed by atoms with Crippen LogP contribution in [0.15, 0.2) is 146 Å². The highest BCUT2D eigenvalue weighted by Crippen LogP contribution is 2.33. The van der Waals surface area contributed by atoms with Crippen molar-refractivity contribution in [1.29, 1.82) is 0 Å². The molecule has 0 saturated heterocycles. The van der Waals surface area contributed by atoms with Crippen molar-refractivity contribution in [3.8, 4) is 45.6 Å². The van der Waals surface area contributed by atoms with Crippen molar-refractivity contribution >= 4 is 21.9 Å². The van der Waals surface area contributed by atoms with Crippen LogP contribution < -0.4 is 29.8 Å². The van der Waals surface area contributed by atoms with Gasteiger partial charge in [-0.2, -0.15) is 0 Å². The minimum Gasteiger partial charge on any atom is -0.494 e. The highest BCUT2D eigenvalue weighted by atomic mass is 16.7. The first-order chi connectivity index (χ1) is 31.9. The molecular weight excluding hydrogens is 831 g/mol. The highest BCUT2D eigenvalue weighted by molar-refractivity contribution is 5.86. The van der Waals surface area contributed by atoms with Crippen LogP contribution in [0.3, 0.4) is 0 Å². The van der Waals surface area contributed by atoms with Gasteiger partial charge in [0.25, 0.3) is 0 Å². The van der Waals surface area contributed by atoms with Gasteiger partial charge in [0, 0.05) is 48.7 Å². The lowest BCUT2D eigenvalue weighted by molar-refractivity contribution is 0.0333. The van der Waals surface area contributed by atoms with Crippen molar-refractivity contribution in [1.82, 2.24) is 15.0 Å². The number of ether oxygens (including phenoxy) is 7. The Kier molecular flexibility index (Phi) is 14.9. The van der Waals surface area contributed by atoms with Gasteiger partial charge in [-0.15, -0.1) is 5.10 Å². The van der Waals surface area contributed by atoms with Gasteiger partial charge in [0.15, 0.2) is 17.7 Å². The Balaban J connectivity index is 0.712. The molecule has 0 radical (unpaired) electrons. The molecule has 0 aliphatic heterocycles. The lowest BCUT2D eigenvalue weighted by atomic mass is 10.1. The molecule has 0 aliphatic rings. The Bertz CT molecular complexity index is 2910. The van der Waals surface area contributed by atoms with Gasteiger partial charge < -0.3 is 42.0 Å². The second-order valence-corrected chi connectivity index (χ2v) is 15.1.